The van der Waals surface area contributed by atoms with Crippen molar-refractivity contribution in [2.24, 2.45) is 0 Å². The van der Waals surface area contributed by atoms with Crippen LogP contribution in [0, 0.1) is 0 Å². The summed E-state index contributed by atoms with van der Waals surface area (Å²) in [7, 11) is 0. The van der Waals surface area contributed by atoms with Crippen molar-refractivity contribution in [3.8, 4) is 22.8 Å². The van der Waals surface area contributed by atoms with Crippen molar-refractivity contribution in [3.63, 3.8) is 0 Å². The minimum atomic E-state index is -0.344. The Labute approximate surface area is 153 Å². The fourth-order valence-corrected chi connectivity index (χ4v) is 3.13. The Kier molecular flexibility index (Phi) is 5.23. The second kappa shape index (κ2) is 7.38. The number of halogens is 2. The summed E-state index contributed by atoms with van der Waals surface area (Å²) < 4.78 is 10.9. The van der Waals surface area contributed by atoms with Crippen LogP contribution in [-0.2, 0) is 16.0 Å². The molecule has 7 heteroatoms. The number of hydrogen-bond donors (Lipinski definition) is 0. The molecule has 0 radical (unpaired) electrons. The molecule has 24 heavy (non-hydrogen) atoms. The van der Waals surface area contributed by atoms with Gasteiger partial charge in [-0.3, -0.25) is 4.79 Å². The summed E-state index contributed by atoms with van der Waals surface area (Å²) in [6.07, 6.45) is 0.0455. The Morgan fingerprint density at radius 2 is 2.08 bits per heavy atom. The van der Waals surface area contributed by atoms with Crippen molar-refractivity contribution in [2.45, 2.75) is 13.3 Å². The number of nitrogens with zero attached hydrogens (tertiary/aromatic N) is 1. The number of esters is 1. The first-order chi connectivity index (χ1) is 11.6. The van der Waals surface area contributed by atoms with Gasteiger partial charge in [-0.05, 0) is 36.6 Å². The zero-order chi connectivity index (χ0) is 17.1. The molecule has 0 aliphatic heterocycles. The Morgan fingerprint density at radius 1 is 1.25 bits per heavy atom. The third-order valence-electron chi connectivity index (χ3n) is 3.26. The lowest BCUT2D eigenvalue weighted by Gasteiger charge is -2.00. The molecule has 0 amide bonds. The third-order valence-corrected chi connectivity index (χ3v) is 4.69. The second-order valence-electron chi connectivity index (χ2n) is 4.92. The highest BCUT2D eigenvalue weighted by Crippen LogP contribution is 2.33. The lowest BCUT2D eigenvalue weighted by Crippen LogP contribution is -2.08. The molecule has 3 rings (SSSR count). The maximum absolute atomic E-state index is 11.8. The van der Waals surface area contributed by atoms with Crippen molar-refractivity contribution >= 4 is 40.5 Å². The minimum Gasteiger partial charge on any atom is -0.466 e. The lowest BCUT2D eigenvalue weighted by atomic mass is 10.2. The summed E-state index contributed by atoms with van der Waals surface area (Å²) in [5.74, 6) is 0.599. The zero-order valence-corrected chi connectivity index (χ0v) is 15.0. The van der Waals surface area contributed by atoms with Crippen LogP contribution in [0.2, 0.25) is 10.0 Å². The summed E-state index contributed by atoms with van der Waals surface area (Å²) in [5, 5.41) is 4.74. The molecule has 0 atom stereocenters. The first-order valence-electron chi connectivity index (χ1n) is 7.21. The van der Waals surface area contributed by atoms with Crippen LogP contribution in [0.3, 0.4) is 0 Å². The standard InChI is InChI=1S/C17H13Cl2NO3S/c1-2-22-15(21)8-14-16(11-5-6-24-9-11)23-17(20-14)10-3-4-12(18)13(19)7-10/h3-7,9H,2,8H2,1H3. The molecular weight excluding hydrogens is 369 g/mol. The molecule has 124 valence electrons. The summed E-state index contributed by atoms with van der Waals surface area (Å²) in [4.78, 5) is 16.3. The van der Waals surface area contributed by atoms with Gasteiger partial charge in [0.05, 0.1) is 28.8 Å². The molecule has 0 bridgehead atoms. The number of carbonyl (C=O) groups is 1. The number of ether oxygens (including phenoxy) is 1. The van der Waals surface area contributed by atoms with E-state index in [1.54, 1.807) is 25.1 Å². The fraction of sp³-hybridized carbons (Fsp3) is 0.176. The molecule has 0 fully saturated rings. The lowest BCUT2D eigenvalue weighted by molar-refractivity contribution is -0.142. The van der Waals surface area contributed by atoms with E-state index in [0.29, 0.717) is 39.6 Å². The molecule has 4 nitrogen and oxygen atoms in total. The molecule has 0 unspecified atom stereocenters. The normalized spacial score (nSPS) is 10.8. The van der Waals surface area contributed by atoms with E-state index in [-0.39, 0.29) is 12.4 Å². The highest BCUT2D eigenvalue weighted by molar-refractivity contribution is 7.08. The topological polar surface area (TPSA) is 52.3 Å². The van der Waals surface area contributed by atoms with Crippen LogP contribution >= 0.6 is 34.5 Å². The fourth-order valence-electron chi connectivity index (χ4n) is 2.19. The maximum Gasteiger partial charge on any atom is 0.312 e. The van der Waals surface area contributed by atoms with Crippen molar-refractivity contribution in [1.82, 2.24) is 4.98 Å². The first kappa shape index (κ1) is 17.0. The van der Waals surface area contributed by atoms with Gasteiger partial charge in [-0.2, -0.15) is 11.3 Å². The van der Waals surface area contributed by atoms with Crippen molar-refractivity contribution in [2.75, 3.05) is 6.61 Å². The van der Waals surface area contributed by atoms with E-state index in [0.717, 1.165) is 5.56 Å². The second-order valence-corrected chi connectivity index (χ2v) is 6.51. The number of hydrogen-bond acceptors (Lipinski definition) is 5. The van der Waals surface area contributed by atoms with Gasteiger partial charge in [0, 0.05) is 16.5 Å². The predicted octanol–water partition coefficient (Wildman–Crippen LogP) is 5.48. The van der Waals surface area contributed by atoms with E-state index in [4.69, 9.17) is 32.4 Å². The first-order valence-corrected chi connectivity index (χ1v) is 8.91. The van der Waals surface area contributed by atoms with Crippen LogP contribution in [0.1, 0.15) is 12.6 Å². The molecule has 0 saturated carbocycles. The number of rotatable bonds is 5. The Bertz CT molecular complexity index is 859. The van der Waals surface area contributed by atoms with Crippen LogP contribution in [0.25, 0.3) is 22.8 Å². The molecule has 2 aromatic heterocycles. The Balaban J connectivity index is 2.02. The highest BCUT2D eigenvalue weighted by atomic mass is 35.5. The van der Waals surface area contributed by atoms with E-state index in [1.807, 2.05) is 16.8 Å². The van der Waals surface area contributed by atoms with Gasteiger partial charge in [-0.1, -0.05) is 23.2 Å². The van der Waals surface area contributed by atoms with Crippen LogP contribution in [-0.4, -0.2) is 17.6 Å². The maximum atomic E-state index is 11.8. The van der Waals surface area contributed by atoms with Crippen LogP contribution in [0.4, 0.5) is 0 Å². The van der Waals surface area contributed by atoms with Gasteiger partial charge in [-0.25, -0.2) is 4.98 Å². The molecule has 0 saturated heterocycles. The molecule has 3 aromatic rings. The van der Waals surface area contributed by atoms with Crippen molar-refractivity contribution in [1.29, 1.82) is 0 Å². The molecule has 0 N–H and O–H groups in total. The third kappa shape index (κ3) is 3.64. The van der Waals surface area contributed by atoms with E-state index < -0.39 is 0 Å². The molecular formula is C17H13Cl2NO3S. The average molecular weight is 382 g/mol. The van der Waals surface area contributed by atoms with E-state index in [9.17, 15) is 4.79 Å². The smallest absolute Gasteiger partial charge is 0.312 e. The molecule has 0 aliphatic rings. The van der Waals surface area contributed by atoms with Gasteiger partial charge in [0.2, 0.25) is 5.89 Å². The Morgan fingerprint density at radius 3 is 2.75 bits per heavy atom. The number of benzene rings is 1. The van der Waals surface area contributed by atoms with E-state index >= 15 is 0 Å². The predicted molar refractivity (Wildman–Crippen MR) is 95.6 cm³/mol. The number of aromatic nitrogens is 1. The van der Waals surface area contributed by atoms with Gasteiger partial charge in [-0.15, -0.1) is 0 Å². The SMILES string of the molecule is CCOC(=O)Cc1nc(-c2ccc(Cl)c(Cl)c2)oc1-c1ccsc1. The molecule has 1 aromatic carbocycles. The van der Waals surface area contributed by atoms with Gasteiger partial charge in [0.25, 0.3) is 0 Å². The van der Waals surface area contributed by atoms with Gasteiger partial charge >= 0.3 is 5.97 Å². The van der Waals surface area contributed by atoms with Crippen molar-refractivity contribution in [3.05, 3.63) is 50.8 Å². The monoisotopic (exact) mass is 381 g/mol. The molecule has 0 aliphatic carbocycles. The Hall–Kier alpha value is -1.82. The zero-order valence-electron chi connectivity index (χ0n) is 12.7. The van der Waals surface area contributed by atoms with Crippen LogP contribution in [0.15, 0.2) is 39.4 Å². The van der Waals surface area contributed by atoms with Crippen molar-refractivity contribution < 1.29 is 13.9 Å². The van der Waals surface area contributed by atoms with Crippen LogP contribution in [0.5, 0.6) is 0 Å². The molecule has 0 spiro atoms. The quantitative estimate of drug-likeness (QED) is 0.548. The summed E-state index contributed by atoms with van der Waals surface area (Å²) in [5.41, 5.74) is 2.10. The van der Waals surface area contributed by atoms with Gasteiger partial charge in [0.15, 0.2) is 5.76 Å². The van der Waals surface area contributed by atoms with Gasteiger partial charge < -0.3 is 9.15 Å². The van der Waals surface area contributed by atoms with Gasteiger partial charge in [0.1, 0.15) is 0 Å². The summed E-state index contributed by atoms with van der Waals surface area (Å²) >= 11 is 13.5. The largest absolute Gasteiger partial charge is 0.466 e. The summed E-state index contributed by atoms with van der Waals surface area (Å²) in [6.45, 7) is 2.09. The summed E-state index contributed by atoms with van der Waals surface area (Å²) in [6, 6.07) is 7.05. The average Bonchev–Trinajstić information content (AvgIpc) is 3.19. The van der Waals surface area contributed by atoms with Crippen LogP contribution < -0.4 is 0 Å². The number of thiophene rings is 1. The van der Waals surface area contributed by atoms with E-state index in [1.165, 1.54) is 11.3 Å². The minimum absolute atomic E-state index is 0.0455. The number of oxazole rings is 1. The number of carbonyl (C=O) groups excluding carboxylic acids is 1. The highest BCUT2D eigenvalue weighted by Gasteiger charge is 2.20. The molecule has 2 heterocycles. The van der Waals surface area contributed by atoms with E-state index in [2.05, 4.69) is 4.98 Å².